The Morgan fingerprint density at radius 1 is 0.649 bits per heavy atom. The third-order valence-corrected chi connectivity index (χ3v) is 5.26. The second-order valence-electron chi connectivity index (χ2n) is 7.89. The maximum Gasteiger partial charge on any atom is 0.330 e. The van der Waals surface area contributed by atoms with Crippen LogP contribution in [0.1, 0.15) is 12.8 Å². The number of carbonyl (C=O) groups excluding carboxylic acids is 2. The summed E-state index contributed by atoms with van der Waals surface area (Å²) in [6.07, 6.45) is 3.36. The Kier molecular flexibility index (Phi) is 10.5. The summed E-state index contributed by atoms with van der Waals surface area (Å²) in [4.78, 5) is 22.0. The Labute approximate surface area is 215 Å². The molecule has 0 bridgehead atoms. The molecule has 0 aliphatic rings. The van der Waals surface area contributed by atoms with E-state index < -0.39 is 11.9 Å². The van der Waals surface area contributed by atoms with Crippen LogP contribution in [0.5, 0.6) is 11.5 Å². The summed E-state index contributed by atoms with van der Waals surface area (Å²) in [5.74, 6) is 0.0865. The first kappa shape index (κ1) is 27.2. The molecule has 0 amide bonds. The van der Waals surface area contributed by atoms with Crippen LogP contribution < -0.4 is 9.47 Å². The monoisotopic (exact) mass is 504 g/mol. The third kappa shape index (κ3) is 8.65. The van der Waals surface area contributed by atoms with Gasteiger partial charge in [-0.25, -0.2) is 14.0 Å². The Balaban J connectivity index is 1.51. The number of esters is 2. The molecule has 0 aliphatic heterocycles. The van der Waals surface area contributed by atoms with E-state index in [1.165, 1.54) is 6.07 Å². The van der Waals surface area contributed by atoms with Gasteiger partial charge in [0.1, 0.15) is 17.3 Å². The molecule has 37 heavy (non-hydrogen) atoms. The molecule has 0 fully saturated rings. The van der Waals surface area contributed by atoms with Gasteiger partial charge in [-0.2, -0.15) is 0 Å². The van der Waals surface area contributed by atoms with Crippen molar-refractivity contribution in [1.82, 2.24) is 0 Å². The molecule has 0 spiro atoms. The first-order valence-corrected chi connectivity index (χ1v) is 11.8. The standard InChI is InChI=1S/C30H29FO6/c1-3-29(32)36-19-5-17-34-25-12-7-22(8-13-25)24-11-16-27(28(31)21-24)23-9-14-26(15-10-23)35-18-6-20-37-30(33)4-2/h3-4,7-16,21H,1-2,5-6,17-20H2. The largest absolute Gasteiger partial charge is 0.493 e. The summed E-state index contributed by atoms with van der Waals surface area (Å²) in [5.41, 5.74) is 2.84. The number of hydrogen-bond acceptors (Lipinski definition) is 6. The van der Waals surface area contributed by atoms with Crippen molar-refractivity contribution in [3.63, 3.8) is 0 Å². The molecule has 3 aromatic rings. The van der Waals surface area contributed by atoms with Gasteiger partial charge < -0.3 is 18.9 Å². The highest BCUT2D eigenvalue weighted by atomic mass is 19.1. The van der Waals surface area contributed by atoms with Crippen molar-refractivity contribution in [3.05, 3.63) is 97.9 Å². The van der Waals surface area contributed by atoms with E-state index in [4.69, 9.17) is 18.9 Å². The van der Waals surface area contributed by atoms with Crippen molar-refractivity contribution in [2.45, 2.75) is 12.8 Å². The van der Waals surface area contributed by atoms with Crippen molar-refractivity contribution in [1.29, 1.82) is 0 Å². The van der Waals surface area contributed by atoms with E-state index in [1.54, 1.807) is 30.3 Å². The normalized spacial score (nSPS) is 10.3. The smallest absolute Gasteiger partial charge is 0.330 e. The van der Waals surface area contributed by atoms with Gasteiger partial charge >= 0.3 is 11.9 Å². The van der Waals surface area contributed by atoms with Gasteiger partial charge in [-0.05, 0) is 47.0 Å². The second kappa shape index (κ2) is 14.2. The van der Waals surface area contributed by atoms with E-state index in [-0.39, 0.29) is 19.0 Å². The highest BCUT2D eigenvalue weighted by Gasteiger charge is 2.09. The van der Waals surface area contributed by atoms with Crippen molar-refractivity contribution in [2.24, 2.45) is 0 Å². The second-order valence-corrected chi connectivity index (χ2v) is 7.89. The minimum absolute atomic E-state index is 0.255. The number of ether oxygens (including phenoxy) is 4. The fourth-order valence-electron chi connectivity index (χ4n) is 3.36. The number of carbonyl (C=O) groups is 2. The van der Waals surface area contributed by atoms with E-state index >= 15 is 0 Å². The molecule has 3 aromatic carbocycles. The number of hydrogen-bond donors (Lipinski definition) is 0. The van der Waals surface area contributed by atoms with Gasteiger partial charge in [0.2, 0.25) is 0 Å². The zero-order chi connectivity index (χ0) is 26.5. The summed E-state index contributed by atoms with van der Waals surface area (Å²) in [6.45, 7) is 8.00. The SMILES string of the molecule is C=CC(=O)OCCCOc1ccc(-c2ccc(-c3ccc(OCCCOC(=O)C=C)cc3)c(F)c2)cc1. The summed E-state index contributed by atoms with van der Waals surface area (Å²) < 4.78 is 36.0. The highest BCUT2D eigenvalue weighted by Crippen LogP contribution is 2.30. The van der Waals surface area contributed by atoms with Gasteiger partial charge in [-0.3, -0.25) is 0 Å². The Morgan fingerprint density at radius 3 is 1.57 bits per heavy atom. The van der Waals surface area contributed by atoms with Gasteiger partial charge in [0.25, 0.3) is 0 Å². The molecule has 0 atom stereocenters. The quantitative estimate of drug-likeness (QED) is 0.149. The van der Waals surface area contributed by atoms with Gasteiger partial charge in [-0.15, -0.1) is 0 Å². The number of rotatable bonds is 14. The molecule has 7 heteroatoms. The van der Waals surface area contributed by atoms with Crippen molar-refractivity contribution in [3.8, 4) is 33.8 Å². The average Bonchev–Trinajstić information content (AvgIpc) is 2.93. The van der Waals surface area contributed by atoms with Crippen molar-refractivity contribution in [2.75, 3.05) is 26.4 Å². The lowest BCUT2D eigenvalue weighted by Crippen LogP contribution is -2.06. The Hall–Kier alpha value is -4.39. The fourth-order valence-corrected chi connectivity index (χ4v) is 3.36. The lowest BCUT2D eigenvalue weighted by Gasteiger charge is -2.10. The van der Waals surface area contributed by atoms with Crippen LogP contribution in [-0.2, 0) is 19.1 Å². The van der Waals surface area contributed by atoms with Gasteiger partial charge in [-0.1, -0.05) is 49.6 Å². The maximum absolute atomic E-state index is 15.0. The number of benzene rings is 3. The zero-order valence-electron chi connectivity index (χ0n) is 20.5. The molecular weight excluding hydrogens is 475 g/mol. The molecule has 3 rings (SSSR count). The lowest BCUT2D eigenvalue weighted by molar-refractivity contribution is -0.138. The van der Waals surface area contributed by atoms with E-state index in [9.17, 15) is 14.0 Å². The highest BCUT2D eigenvalue weighted by molar-refractivity contribution is 5.81. The molecule has 0 heterocycles. The molecule has 0 radical (unpaired) electrons. The first-order valence-electron chi connectivity index (χ1n) is 11.8. The molecule has 0 N–H and O–H groups in total. The molecular formula is C30H29FO6. The molecule has 192 valence electrons. The average molecular weight is 505 g/mol. The van der Waals surface area contributed by atoms with Crippen LogP contribution in [0.3, 0.4) is 0 Å². The summed E-state index contributed by atoms with van der Waals surface area (Å²) in [5, 5.41) is 0. The summed E-state index contributed by atoms with van der Waals surface area (Å²) in [7, 11) is 0. The zero-order valence-corrected chi connectivity index (χ0v) is 20.5. The predicted molar refractivity (Wildman–Crippen MR) is 140 cm³/mol. The third-order valence-electron chi connectivity index (χ3n) is 5.26. The Bertz CT molecular complexity index is 1200. The van der Waals surface area contributed by atoms with E-state index in [0.29, 0.717) is 43.1 Å². The predicted octanol–water partition coefficient (Wildman–Crippen LogP) is 6.16. The minimum atomic E-state index is -0.458. The van der Waals surface area contributed by atoms with Crippen LogP contribution in [0.15, 0.2) is 92.0 Å². The fraction of sp³-hybridized carbons (Fsp3) is 0.200. The van der Waals surface area contributed by atoms with Crippen LogP contribution in [0.25, 0.3) is 22.3 Å². The van der Waals surface area contributed by atoms with Crippen LogP contribution in [0.2, 0.25) is 0 Å². The van der Waals surface area contributed by atoms with Crippen molar-refractivity contribution >= 4 is 11.9 Å². The van der Waals surface area contributed by atoms with E-state index in [0.717, 1.165) is 28.8 Å². The molecule has 0 aliphatic carbocycles. The minimum Gasteiger partial charge on any atom is -0.493 e. The first-order chi connectivity index (χ1) is 18.0. The van der Waals surface area contributed by atoms with E-state index in [2.05, 4.69) is 13.2 Å². The van der Waals surface area contributed by atoms with Crippen LogP contribution in [0.4, 0.5) is 4.39 Å². The van der Waals surface area contributed by atoms with E-state index in [1.807, 2.05) is 30.3 Å². The molecule has 0 saturated carbocycles. The summed E-state index contributed by atoms with van der Waals surface area (Å²) in [6, 6.07) is 19.7. The summed E-state index contributed by atoms with van der Waals surface area (Å²) >= 11 is 0. The van der Waals surface area contributed by atoms with Crippen LogP contribution >= 0.6 is 0 Å². The molecule has 0 saturated heterocycles. The lowest BCUT2D eigenvalue weighted by atomic mass is 9.99. The van der Waals surface area contributed by atoms with Gasteiger partial charge in [0, 0.05) is 30.6 Å². The topological polar surface area (TPSA) is 71.1 Å². The van der Waals surface area contributed by atoms with Crippen LogP contribution in [0, 0.1) is 5.82 Å². The number of halogens is 1. The van der Waals surface area contributed by atoms with Crippen LogP contribution in [-0.4, -0.2) is 38.4 Å². The van der Waals surface area contributed by atoms with Crippen molar-refractivity contribution < 1.29 is 32.9 Å². The van der Waals surface area contributed by atoms with Gasteiger partial charge in [0.15, 0.2) is 0 Å². The van der Waals surface area contributed by atoms with Gasteiger partial charge in [0.05, 0.1) is 26.4 Å². The Morgan fingerprint density at radius 2 is 1.11 bits per heavy atom. The maximum atomic E-state index is 15.0. The molecule has 0 aromatic heterocycles. The molecule has 0 unspecified atom stereocenters. The molecule has 6 nitrogen and oxygen atoms in total.